The van der Waals surface area contributed by atoms with Gasteiger partial charge in [0.05, 0.1) is 55.2 Å². The molecule has 16 aromatic rings. The molecule has 0 N–H and O–H groups in total. The van der Waals surface area contributed by atoms with Crippen molar-refractivity contribution >= 4 is 109 Å². The van der Waals surface area contributed by atoms with Gasteiger partial charge in [-0.3, -0.25) is 0 Å². The molecule has 71 heavy (non-hydrogen) atoms. The third-order valence-electron chi connectivity index (χ3n) is 15.2. The van der Waals surface area contributed by atoms with Gasteiger partial charge < -0.3 is 22.8 Å². The second kappa shape index (κ2) is 14.5. The van der Waals surface area contributed by atoms with Crippen molar-refractivity contribution in [3.05, 3.63) is 249 Å². The molecule has 0 radical (unpaired) electrons. The summed E-state index contributed by atoms with van der Waals surface area (Å²) in [5, 5.41) is 12.4. The molecule has 0 aliphatic carbocycles. The molecule has 16 rings (SSSR count). The molecule has 11 aromatic carbocycles. The van der Waals surface area contributed by atoms with Crippen LogP contribution in [0.5, 0.6) is 0 Å². The van der Waals surface area contributed by atoms with Crippen LogP contribution in [0.3, 0.4) is 0 Å². The molecule has 5 heteroatoms. The van der Waals surface area contributed by atoms with Crippen molar-refractivity contribution in [2.75, 3.05) is 0 Å². The molecule has 5 heterocycles. The van der Waals surface area contributed by atoms with Crippen molar-refractivity contribution in [2.45, 2.75) is 0 Å². The Hall–Kier alpha value is -9.58. The van der Waals surface area contributed by atoms with Crippen LogP contribution in [-0.4, -0.2) is 22.8 Å². The second-order valence-electron chi connectivity index (χ2n) is 18.9. The van der Waals surface area contributed by atoms with Crippen molar-refractivity contribution in [3.8, 4) is 28.4 Å². The van der Waals surface area contributed by atoms with E-state index in [1.807, 2.05) is 0 Å². The predicted molar refractivity (Wildman–Crippen MR) is 298 cm³/mol. The zero-order chi connectivity index (χ0) is 46.3. The normalized spacial score (nSPS) is 12.2. The van der Waals surface area contributed by atoms with Gasteiger partial charge in [-0.15, -0.1) is 0 Å². The topological polar surface area (TPSA) is 24.6 Å². The first kappa shape index (κ1) is 38.4. The maximum Gasteiger partial charge on any atom is 0.0641 e. The molecule has 0 aliphatic heterocycles. The van der Waals surface area contributed by atoms with E-state index in [1.165, 1.54) is 109 Å². The van der Waals surface area contributed by atoms with Crippen molar-refractivity contribution in [1.82, 2.24) is 22.8 Å². The van der Waals surface area contributed by atoms with Crippen LogP contribution in [0.4, 0.5) is 0 Å². The first-order valence-electron chi connectivity index (χ1n) is 24.4. The fourth-order valence-electron chi connectivity index (χ4n) is 12.4. The molecule has 0 fully saturated rings. The molecule has 0 amide bonds. The molecular formula is C66H41N5. The van der Waals surface area contributed by atoms with Crippen LogP contribution in [0, 0.1) is 0 Å². The Labute approximate surface area is 407 Å². The van der Waals surface area contributed by atoms with E-state index in [9.17, 15) is 0 Å². The molecule has 0 atom stereocenters. The summed E-state index contributed by atoms with van der Waals surface area (Å²) in [6.45, 7) is 0. The molecule has 0 saturated heterocycles. The highest BCUT2D eigenvalue weighted by atomic mass is 15.0. The molecular weight excluding hydrogens is 863 g/mol. The number of rotatable bonds is 5. The minimum Gasteiger partial charge on any atom is -0.309 e. The monoisotopic (exact) mass is 903 g/mol. The Morgan fingerprint density at radius 2 is 0.451 bits per heavy atom. The fraction of sp³-hybridized carbons (Fsp3) is 0. The number of hydrogen-bond acceptors (Lipinski definition) is 0. The van der Waals surface area contributed by atoms with E-state index in [0.717, 1.165) is 28.4 Å². The fourth-order valence-corrected chi connectivity index (χ4v) is 12.4. The van der Waals surface area contributed by atoms with Crippen LogP contribution in [0.2, 0.25) is 0 Å². The van der Waals surface area contributed by atoms with Crippen LogP contribution in [0.15, 0.2) is 249 Å². The predicted octanol–water partition coefficient (Wildman–Crippen LogP) is 17.2. The number of aromatic nitrogens is 5. The average molecular weight is 904 g/mol. The van der Waals surface area contributed by atoms with Crippen molar-refractivity contribution in [3.63, 3.8) is 0 Å². The maximum atomic E-state index is 2.52. The molecule has 330 valence electrons. The first-order chi connectivity index (χ1) is 35.3. The van der Waals surface area contributed by atoms with E-state index in [2.05, 4.69) is 272 Å². The summed E-state index contributed by atoms with van der Waals surface area (Å²) in [5.41, 5.74) is 17.5. The number of nitrogens with zero attached hydrogens (tertiary/aromatic N) is 5. The van der Waals surface area contributed by atoms with E-state index in [-0.39, 0.29) is 0 Å². The van der Waals surface area contributed by atoms with Crippen LogP contribution in [-0.2, 0) is 0 Å². The first-order valence-corrected chi connectivity index (χ1v) is 24.4. The summed E-state index contributed by atoms with van der Waals surface area (Å²) in [6, 6.07) is 91.4. The van der Waals surface area contributed by atoms with Crippen LogP contribution < -0.4 is 0 Å². The summed E-state index contributed by atoms with van der Waals surface area (Å²) < 4.78 is 12.3. The summed E-state index contributed by atoms with van der Waals surface area (Å²) in [4.78, 5) is 0. The lowest BCUT2D eigenvalue weighted by molar-refractivity contribution is 1.13. The van der Waals surface area contributed by atoms with E-state index >= 15 is 0 Å². The quantitative estimate of drug-likeness (QED) is 0.164. The van der Waals surface area contributed by atoms with Gasteiger partial charge in [0.25, 0.3) is 0 Å². The van der Waals surface area contributed by atoms with Crippen LogP contribution in [0.1, 0.15) is 0 Å². The molecule has 0 spiro atoms. The maximum absolute atomic E-state index is 2.52. The van der Waals surface area contributed by atoms with Gasteiger partial charge in [0, 0.05) is 82.3 Å². The van der Waals surface area contributed by atoms with E-state index in [4.69, 9.17) is 0 Å². The highest BCUT2D eigenvalue weighted by molar-refractivity contribution is 6.28. The summed E-state index contributed by atoms with van der Waals surface area (Å²) in [7, 11) is 0. The van der Waals surface area contributed by atoms with Gasteiger partial charge in [0.2, 0.25) is 0 Å². The summed E-state index contributed by atoms with van der Waals surface area (Å²) in [6.07, 6.45) is 0. The zero-order valence-electron chi connectivity index (χ0n) is 38.4. The van der Waals surface area contributed by atoms with Gasteiger partial charge in [-0.05, 0) is 97.1 Å². The van der Waals surface area contributed by atoms with Crippen LogP contribution in [0.25, 0.3) is 137 Å². The molecule has 0 bridgehead atoms. The molecule has 0 aliphatic rings. The molecule has 5 nitrogen and oxygen atoms in total. The van der Waals surface area contributed by atoms with E-state index in [1.54, 1.807) is 0 Å². The lowest BCUT2D eigenvalue weighted by atomic mass is 10.1. The number of para-hydroxylation sites is 7. The van der Waals surface area contributed by atoms with Gasteiger partial charge in [0.1, 0.15) is 0 Å². The standard InChI is InChI=1S/C66H41N5/c1-2-18-42(19-3-1)70-57-32-12-6-26-49(57)51-36-38-61-63(65(51)70)53-28-8-14-34-59(53)69(61)45-22-17-23-46(41-45)71-58-33-13-7-27-50(58)52-37-39-62-64(66(52)71)54-29-9-15-35-60(54)68(62)44-21-16-20-43(40-44)67-55-30-10-4-24-47(55)48-25-5-11-31-56(48)67/h1-41H. The minimum atomic E-state index is 1.11. The third kappa shape index (κ3) is 5.24. The summed E-state index contributed by atoms with van der Waals surface area (Å²) >= 11 is 0. The largest absolute Gasteiger partial charge is 0.309 e. The Morgan fingerprint density at radius 1 is 0.169 bits per heavy atom. The van der Waals surface area contributed by atoms with Gasteiger partial charge in [-0.1, -0.05) is 152 Å². The smallest absolute Gasteiger partial charge is 0.0641 e. The van der Waals surface area contributed by atoms with Crippen LogP contribution >= 0.6 is 0 Å². The Morgan fingerprint density at radius 3 is 0.873 bits per heavy atom. The summed E-state index contributed by atoms with van der Waals surface area (Å²) in [5.74, 6) is 0. The SMILES string of the molecule is c1ccc(-n2c3ccccc3c3ccc4c(c5ccccc5n4-c4cccc(-n5c6ccccc6c6ccc7c(c8ccccc8n7-c7cccc(-n8c9ccccc9c9ccccc98)c7)c65)c4)c32)cc1. The second-order valence-corrected chi connectivity index (χ2v) is 18.9. The molecule has 5 aromatic heterocycles. The number of fused-ring (bicyclic) bond motifs is 17. The Balaban J connectivity index is 0.949. The minimum absolute atomic E-state index is 1.11. The van der Waals surface area contributed by atoms with Gasteiger partial charge in [-0.2, -0.15) is 0 Å². The lowest BCUT2D eigenvalue weighted by Crippen LogP contribution is -1.99. The molecule has 0 unspecified atom stereocenters. The van der Waals surface area contributed by atoms with Gasteiger partial charge in [-0.25, -0.2) is 0 Å². The number of benzene rings is 11. The van der Waals surface area contributed by atoms with Crippen molar-refractivity contribution in [1.29, 1.82) is 0 Å². The van der Waals surface area contributed by atoms with Crippen molar-refractivity contribution < 1.29 is 0 Å². The van der Waals surface area contributed by atoms with E-state index in [0.29, 0.717) is 0 Å². The molecule has 0 saturated carbocycles. The Bertz CT molecular complexity index is 4830. The van der Waals surface area contributed by atoms with Crippen molar-refractivity contribution in [2.24, 2.45) is 0 Å². The van der Waals surface area contributed by atoms with E-state index < -0.39 is 0 Å². The highest BCUT2D eigenvalue weighted by Crippen LogP contribution is 2.45. The average Bonchev–Trinajstić information content (AvgIpc) is 4.23. The third-order valence-corrected chi connectivity index (χ3v) is 15.2. The van der Waals surface area contributed by atoms with Gasteiger partial charge in [0.15, 0.2) is 0 Å². The zero-order valence-corrected chi connectivity index (χ0v) is 38.4. The highest BCUT2D eigenvalue weighted by Gasteiger charge is 2.24. The number of hydrogen-bond donors (Lipinski definition) is 0. The van der Waals surface area contributed by atoms with Gasteiger partial charge >= 0.3 is 0 Å². The Kier molecular flexibility index (Phi) is 7.82. The lowest BCUT2D eigenvalue weighted by Gasteiger charge is -2.14.